The minimum atomic E-state index is -1.28. The molecule has 0 aromatic heterocycles. The van der Waals surface area contributed by atoms with Gasteiger partial charge in [-0.05, 0) is 96.8 Å². The van der Waals surface area contributed by atoms with Crippen molar-refractivity contribution in [1.82, 2.24) is 57.2 Å². The van der Waals surface area contributed by atoms with Gasteiger partial charge in [-0.25, -0.2) is 0 Å². The number of likely N-dealkylation sites (N-methyl/N-ethyl adjacent to an activating group) is 1. The van der Waals surface area contributed by atoms with E-state index in [1.165, 1.54) is 36.2 Å². The number of anilines is 1. The Labute approximate surface area is 532 Å². The topological polar surface area (TPSA) is 451 Å². The van der Waals surface area contributed by atoms with Crippen molar-refractivity contribution >= 4 is 87.6 Å². The van der Waals surface area contributed by atoms with E-state index < -0.39 is 84.1 Å². The quantitative estimate of drug-likeness (QED) is 0.0137. The number of fused-ring (bicyclic) bond motifs is 1. The summed E-state index contributed by atoms with van der Waals surface area (Å²) in [6.45, 7) is 0.206. The maximum absolute atomic E-state index is 14.6. The first-order valence-corrected chi connectivity index (χ1v) is 30.2. The Hall–Kier alpha value is -9.78. The van der Waals surface area contributed by atoms with E-state index in [2.05, 4.69) is 52.8 Å². The van der Waals surface area contributed by atoms with Crippen LogP contribution in [0.5, 0.6) is 5.75 Å². The summed E-state index contributed by atoms with van der Waals surface area (Å²) < 4.78 is 0. The summed E-state index contributed by atoms with van der Waals surface area (Å²) in [4.78, 5) is 152. The summed E-state index contributed by atoms with van der Waals surface area (Å²) in [6.07, 6.45) is 1.27. The van der Waals surface area contributed by atoms with Gasteiger partial charge in [0.1, 0.15) is 29.9 Å². The molecule has 1 heterocycles. The number of nitrogens with zero attached hydrogens (tertiary/aromatic N) is 4. The number of benzene rings is 4. The third kappa shape index (κ3) is 27.1. The van der Waals surface area contributed by atoms with Crippen LogP contribution in [-0.2, 0) is 60.8 Å². The van der Waals surface area contributed by atoms with E-state index >= 15 is 0 Å². The zero-order valence-corrected chi connectivity index (χ0v) is 51.5. The smallest absolute Gasteiger partial charge is 0.317 e. The van der Waals surface area contributed by atoms with Crippen LogP contribution in [0.15, 0.2) is 96.0 Å². The van der Waals surface area contributed by atoms with Crippen molar-refractivity contribution in [3.05, 3.63) is 108 Å². The van der Waals surface area contributed by atoms with Crippen LogP contribution in [0.3, 0.4) is 0 Å². The number of phenols is 1. The van der Waals surface area contributed by atoms with Gasteiger partial charge in [0.05, 0.1) is 32.7 Å². The molecule has 0 bridgehead atoms. The molecule has 0 radical (unpaired) electrons. The lowest BCUT2D eigenvalue weighted by Gasteiger charge is -2.32. The van der Waals surface area contributed by atoms with Crippen LogP contribution in [0, 0.1) is 0 Å². The summed E-state index contributed by atoms with van der Waals surface area (Å²) in [5.41, 5.74) is 13.1. The van der Waals surface area contributed by atoms with Crippen molar-refractivity contribution in [3.63, 3.8) is 0 Å². The number of phenolic OH excluding ortho intramolecular Hbond substituents is 1. The molecule has 1 saturated heterocycles. The number of carboxylic acid groups (broad SMARTS) is 3. The van der Waals surface area contributed by atoms with E-state index in [0.717, 1.165) is 10.8 Å². The van der Waals surface area contributed by atoms with Gasteiger partial charge in [-0.2, -0.15) is 0 Å². The van der Waals surface area contributed by atoms with E-state index in [4.69, 9.17) is 16.6 Å². The molecule has 8 amide bonds. The number of nitrogens with one attached hydrogen (secondary N) is 9. The number of aliphatic imine (C=N–C) groups is 1. The molecule has 1 aliphatic heterocycles. The molecule has 5 rings (SSSR count). The minimum absolute atomic E-state index is 0.00131. The summed E-state index contributed by atoms with van der Waals surface area (Å²) >= 11 is 0. The number of carboxylic acids is 3. The number of guanidine groups is 1. The molecule has 4 atom stereocenters. The first-order chi connectivity index (χ1) is 44.0. The van der Waals surface area contributed by atoms with Crippen LogP contribution >= 0.6 is 0 Å². The predicted octanol–water partition coefficient (Wildman–Crippen LogP) is -1.73. The lowest BCUT2D eigenvalue weighted by atomic mass is 10.00. The highest BCUT2D eigenvalue weighted by Gasteiger charge is 2.36. The van der Waals surface area contributed by atoms with Gasteiger partial charge in [0.25, 0.3) is 5.91 Å². The highest BCUT2D eigenvalue weighted by Crippen LogP contribution is 2.19. The Morgan fingerprint density at radius 1 is 0.609 bits per heavy atom. The van der Waals surface area contributed by atoms with Crippen LogP contribution < -0.4 is 59.3 Å². The summed E-state index contributed by atoms with van der Waals surface area (Å²) in [5, 5.41) is 64.2. The molecule has 30 heteroatoms. The maximum atomic E-state index is 14.6. The van der Waals surface area contributed by atoms with Crippen molar-refractivity contribution in [3.8, 4) is 5.75 Å². The number of nitrogens with two attached hydrogens (primary N) is 2. The maximum Gasteiger partial charge on any atom is 0.317 e. The molecule has 0 saturated carbocycles. The molecule has 92 heavy (non-hydrogen) atoms. The number of unbranched alkanes of at least 4 members (excludes halogenated alkanes) is 1. The van der Waals surface area contributed by atoms with Crippen molar-refractivity contribution < 1.29 is 73.2 Å². The van der Waals surface area contributed by atoms with Gasteiger partial charge in [0.15, 0.2) is 5.96 Å². The van der Waals surface area contributed by atoms with Crippen molar-refractivity contribution in [1.29, 1.82) is 0 Å². The number of rotatable bonds is 36. The number of carbonyl (C=O) groups is 11. The first kappa shape index (κ1) is 73.0. The van der Waals surface area contributed by atoms with Gasteiger partial charge in [-0.1, -0.05) is 54.6 Å². The van der Waals surface area contributed by atoms with Crippen LogP contribution in [0.4, 0.5) is 5.69 Å². The SMILES string of the molecule is CN1C(=O)[C@@H](Cc2ccc(O)cc2)NC(=O)CNC(=O)[C@H](Cc2ccc3ccccc3c2)NC(=O)[C@H](CCCN=C(N)N)NC(=O)[C@H]1CCCNC(=O)c1ccc(NC(=O)CCCCNC(=O)CNCCN(CCN(CCNCC(=O)O)CC(=O)O)CC(=O)O)cc1. The number of amides is 8. The fraction of sp³-hybridized carbons (Fsp3) is 0.452. The number of aromatic hydroxyl groups is 1. The Bertz CT molecular complexity index is 3180. The Morgan fingerprint density at radius 3 is 1.88 bits per heavy atom. The van der Waals surface area contributed by atoms with Crippen LogP contribution in [0.2, 0.25) is 0 Å². The Balaban J connectivity index is 1.14. The first-order valence-electron chi connectivity index (χ1n) is 30.2. The lowest BCUT2D eigenvalue weighted by Crippen LogP contribution is -2.58. The van der Waals surface area contributed by atoms with Gasteiger partial charge in [-0.3, -0.25) is 67.5 Å². The van der Waals surface area contributed by atoms with Gasteiger partial charge >= 0.3 is 17.9 Å². The van der Waals surface area contributed by atoms with Gasteiger partial charge in [0, 0.05) is 96.5 Å². The van der Waals surface area contributed by atoms with Crippen LogP contribution in [0.1, 0.15) is 66.4 Å². The number of hydrogen-bond acceptors (Lipinski definition) is 17. The molecule has 17 N–H and O–H groups in total. The molecule has 1 aliphatic rings. The van der Waals surface area contributed by atoms with Gasteiger partial charge in [-0.15, -0.1) is 0 Å². The second-order valence-electron chi connectivity index (χ2n) is 22.0. The van der Waals surface area contributed by atoms with Gasteiger partial charge < -0.3 is 84.6 Å². The highest BCUT2D eigenvalue weighted by atomic mass is 16.4. The number of hydrogen-bond donors (Lipinski definition) is 15. The second kappa shape index (κ2) is 38.7. The minimum Gasteiger partial charge on any atom is -0.508 e. The molecule has 30 nitrogen and oxygen atoms in total. The van der Waals surface area contributed by atoms with Crippen molar-refractivity contribution in [2.75, 3.05) is 104 Å². The number of carbonyl (C=O) groups excluding carboxylic acids is 8. The molecule has 0 spiro atoms. The van der Waals surface area contributed by atoms with Crippen LogP contribution in [0.25, 0.3) is 10.8 Å². The highest BCUT2D eigenvalue weighted by molar-refractivity contribution is 5.98. The fourth-order valence-corrected chi connectivity index (χ4v) is 9.93. The summed E-state index contributed by atoms with van der Waals surface area (Å²) in [7, 11) is 1.38. The van der Waals surface area contributed by atoms with E-state index in [0.29, 0.717) is 29.7 Å². The van der Waals surface area contributed by atoms with E-state index in [1.54, 1.807) is 34.1 Å². The molecule has 1 fully saturated rings. The monoisotopic (exact) mass is 1280 g/mol. The third-order valence-corrected chi connectivity index (χ3v) is 14.8. The lowest BCUT2D eigenvalue weighted by molar-refractivity contribution is -0.142. The normalized spacial score (nSPS) is 16.5. The Kier molecular flexibility index (Phi) is 30.7. The number of aliphatic carboxylic acids is 3. The van der Waals surface area contributed by atoms with E-state index in [9.17, 15) is 68.1 Å². The molecule has 0 unspecified atom stereocenters. The molecule has 4 aromatic rings. The van der Waals surface area contributed by atoms with E-state index in [-0.39, 0.29) is 159 Å². The molecular formula is C62H85N15O15. The Morgan fingerprint density at radius 2 is 1.23 bits per heavy atom. The standard InChI is InChI=1S/C62H85N15O15/c1-75-50(11-7-24-68-57(88)43-17-19-45(20-18-43)71-51(79)12-4-5-23-67-52(80)35-65-26-28-76(38-55(84)85)30-31-77(39-56(86)87)29-27-66-37-54(82)83)60(91)73-47(10-6-25-69-62(63)64)59(90)74-48(34-41-13-16-42-8-2-3-9-44(42)32-41)58(89)70-36-53(81)72-49(61(75)92)33-40-14-21-46(78)22-15-40/h2-3,8-9,13-22,32,47-50,65-66,78H,4-7,10-12,23-31,33-39H2,1H3,(H,67,80)(H,68,88)(H,70,89)(H,71,79)(H,72,81)(H,73,91)(H,74,90)(H,82,83)(H,84,85)(H,86,87)(H4,63,64,69)/t47-,48-,49+,50+/m0/s1. The average molecular weight is 1280 g/mol. The van der Waals surface area contributed by atoms with Crippen molar-refractivity contribution in [2.45, 2.75) is 82.0 Å². The largest absolute Gasteiger partial charge is 0.508 e. The zero-order chi connectivity index (χ0) is 67.0. The molecule has 4 aromatic carbocycles. The van der Waals surface area contributed by atoms with Crippen LogP contribution in [-0.4, -0.2) is 229 Å². The van der Waals surface area contributed by atoms with Crippen molar-refractivity contribution in [2.24, 2.45) is 16.5 Å². The molecular weight excluding hydrogens is 1190 g/mol. The molecule has 498 valence electrons. The second-order valence-corrected chi connectivity index (χ2v) is 22.0. The van der Waals surface area contributed by atoms with Gasteiger partial charge in [0.2, 0.25) is 41.4 Å². The summed E-state index contributed by atoms with van der Waals surface area (Å²) in [6, 6.07) is 20.2. The molecule has 0 aliphatic carbocycles. The summed E-state index contributed by atoms with van der Waals surface area (Å²) in [5.74, 6) is -8.15. The fourth-order valence-electron chi connectivity index (χ4n) is 9.93. The average Bonchev–Trinajstić information content (AvgIpc) is 1.88. The third-order valence-electron chi connectivity index (χ3n) is 14.8. The zero-order valence-electron chi connectivity index (χ0n) is 51.5. The van der Waals surface area contributed by atoms with E-state index in [1.807, 2.05) is 42.5 Å². The predicted molar refractivity (Wildman–Crippen MR) is 340 cm³/mol.